The maximum atomic E-state index is 12.9. The first-order chi connectivity index (χ1) is 6.59. The van der Waals surface area contributed by atoms with Gasteiger partial charge in [-0.2, -0.15) is 0 Å². The third-order valence-corrected chi connectivity index (χ3v) is 3.09. The van der Waals surface area contributed by atoms with Crippen molar-refractivity contribution in [2.45, 2.75) is 12.3 Å². The van der Waals surface area contributed by atoms with Crippen molar-refractivity contribution in [3.8, 4) is 0 Å². The van der Waals surface area contributed by atoms with Crippen molar-refractivity contribution >= 4 is 21.9 Å². The molecule has 1 fully saturated rings. The van der Waals surface area contributed by atoms with Gasteiger partial charge in [-0.25, -0.2) is 4.39 Å². The molecule has 1 saturated carbocycles. The van der Waals surface area contributed by atoms with Crippen LogP contribution in [-0.4, -0.2) is 11.1 Å². The number of rotatable bonds is 2. The number of hydrogen-bond donors (Lipinski definition) is 1. The third kappa shape index (κ3) is 1.66. The van der Waals surface area contributed by atoms with E-state index in [1.54, 1.807) is 12.1 Å². The van der Waals surface area contributed by atoms with E-state index < -0.39 is 5.97 Å². The van der Waals surface area contributed by atoms with Crippen molar-refractivity contribution in [3.05, 3.63) is 34.1 Å². The molecule has 0 spiro atoms. The fourth-order valence-corrected chi connectivity index (χ4v) is 1.98. The summed E-state index contributed by atoms with van der Waals surface area (Å²) in [6, 6.07) is 4.66. The number of benzene rings is 1. The van der Waals surface area contributed by atoms with Gasteiger partial charge in [0.05, 0.1) is 10.4 Å². The SMILES string of the molecule is O=C(O)[C@@H]1C[C@H]1c1ccc(F)c(Br)c1. The summed E-state index contributed by atoms with van der Waals surface area (Å²) in [7, 11) is 0. The highest BCUT2D eigenvalue weighted by Gasteiger charge is 2.44. The molecule has 0 radical (unpaired) electrons. The zero-order chi connectivity index (χ0) is 10.3. The zero-order valence-corrected chi connectivity index (χ0v) is 8.79. The molecule has 1 aliphatic rings. The van der Waals surface area contributed by atoms with Gasteiger partial charge < -0.3 is 5.11 Å². The molecule has 14 heavy (non-hydrogen) atoms. The number of carboxylic acids is 1. The highest BCUT2D eigenvalue weighted by atomic mass is 79.9. The maximum absolute atomic E-state index is 12.9. The number of carboxylic acid groups (broad SMARTS) is 1. The lowest BCUT2D eigenvalue weighted by atomic mass is 10.1. The lowest BCUT2D eigenvalue weighted by Crippen LogP contribution is -1.98. The Bertz CT molecular complexity index is 392. The molecule has 0 bridgehead atoms. The van der Waals surface area contributed by atoms with Crippen LogP contribution in [0.25, 0.3) is 0 Å². The second kappa shape index (κ2) is 3.35. The average Bonchev–Trinajstić information content (AvgIpc) is 2.89. The van der Waals surface area contributed by atoms with E-state index in [-0.39, 0.29) is 17.7 Å². The van der Waals surface area contributed by atoms with Gasteiger partial charge in [0, 0.05) is 0 Å². The zero-order valence-electron chi connectivity index (χ0n) is 7.21. The molecule has 1 aliphatic carbocycles. The van der Waals surface area contributed by atoms with E-state index in [4.69, 9.17) is 5.11 Å². The molecule has 1 aromatic rings. The summed E-state index contributed by atoms with van der Waals surface area (Å²) in [5, 5.41) is 8.72. The van der Waals surface area contributed by atoms with Crippen LogP contribution in [0.5, 0.6) is 0 Å². The van der Waals surface area contributed by atoms with Crippen molar-refractivity contribution in [1.29, 1.82) is 0 Å². The van der Waals surface area contributed by atoms with Crippen LogP contribution >= 0.6 is 15.9 Å². The minimum absolute atomic E-state index is 0.0596. The largest absolute Gasteiger partial charge is 0.481 e. The molecule has 74 valence electrons. The van der Waals surface area contributed by atoms with Crippen molar-refractivity contribution in [3.63, 3.8) is 0 Å². The molecule has 2 rings (SSSR count). The topological polar surface area (TPSA) is 37.3 Å². The van der Waals surface area contributed by atoms with Crippen LogP contribution in [0.4, 0.5) is 4.39 Å². The smallest absolute Gasteiger partial charge is 0.307 e. The second-order valence-electron chi connectivity index (χ2n) is 3.46. The first kappa shape index (κ1) is 9.65. The van der Waals surface area contributed by atoms with Crippen LogP contribution in [-0.2, 0) is 4.79 Å². The summed E-state index contributed by atoms with van der Waals surface area (Å²) in [5.41, 5.74) is 0.894. The molecule has 0 aromatic heterocycles. The monoisotopic (exact) mass is 258 g/mol. The normalized spacial score (nSPS) is 24.7. The van der Waals surface area contributed by atoms with Crippen LogP contribution in [0, 0.1) is 11.7 Å². The maximum Gasteiger partial charge on any atom is 0.307 e. The molecule has 0 saturated heterocycles. The van der Waals surface area contributed by atoms with Crippen molar-refractivity contribution in [1.82, 2.24) is 0 Å². The highest BCUT2D eigenvalue weighted by Crippen LogP contribution is 2.48. The van der Waals surface area contributed by atoms with Gasteiger partial charge >= 0.3 is 5.97 Å². The fraction of sp³-hybridized carbons (Fsp3) is 0.300. The number of hydrogen-bond acceptors (Lipinski definition) is 1. The first-order valence-corrected chi connectivity index (χ1v) is 5.06. The first-order valence-electron chi connectivity index (χ1n) is 4.27. The predicted octanol–water partition coefficient (Wildman–Crippen LogP) is 2.78. The molecule has 1 N–H and O–H groups in total. The molecule has 4 heteroatoms. The third-order valence-electron chi connectivity index (χ3n) is 2.48. The summed E-state index contributed by atoms with van der Waals surface area (Å²) in [5.74, 6) is -1.31. The van der Waals surface area contributed by atoms with E-state index in [2.05, 4.69) is 15.9 Å². The van der Waals surface area contributed by atoms with E-state index in [9.17, 15) is 9.18 Å². The summed E-state index contributed by atoms with van der Waals surface area (Å²) in [6.07, 6.45) is 0.660. The lowest BCUT2D eigenvalue weighted by Gasteiger charge is -2.00. The summed E-state index contributed by atoms with van der Waals surface area (Å²) < 4.78 is 13.3. The quantitative estimate of drug-likeness (QED) is 0.886. The molecule has 0 amide bonds. The molecular formula is C10H8BrFO2. The average molecular weight is 259 g/mol. The van der Waals surface area contributed by atoms with Crippen LogP contribution < -0.4 is 0 Å². The highest BCUT2D eigenvalue weighted by molar-refractivity contribution is 9.10. The van der Waals surface area contributed by atoms with E-state index >= 15 is 0 Å². The molecular weight excluding hydrogens is 251 g/mol. The van der Waals surface area contributed by atoms with Gasteiger partial charge in [-0.05, 0) is 46.0 Å². The van der Waals surface area contributed by atoms with Gasteiger partial charge in [0.2, 0.25) is 0 Å². The number of halogens is 2. The number of aliphatic carboxylic acids is 1. The van der Waals surface area contributed by atoms with Gasteiger partial charge in [-0.1, -0.05) is 6.07 Å². The Kier molecular flexibility index (Phi) is 2.31. The minimum Gasteiger partial charge on any atom is -0.481 e. The Labute approximate surface area is 88.9 Å². The van der Waals surface area contributed by atoms with Crippen molar-refractivity contribution in [2.75, 3.05) is 0 Å². The van der Waals surface area contributed by atoms with E-state index in [1.165, 1.54) is 6.07 Å². The Hall–Kier alpha value is -0.900. The molecule has 0 aliphatic heterocycles. The Morgan fingerprint density at radius 2 is 2.29 bits per heavy atom. The van der Waals surface area contributed by atoms with Crippen molar-refractivity contribution < 1.29 is 14.3 Å². The molecule has 0 unspecified atom stereocenters. The predicted molar refractivity (Wildman–Crippen MR) is 52.6 cm³/mol. The van der Waals surface area contributed by atoms with Gasteiger partial charge in [0.25, 0.3) is 0 Å². The second-order valence-corrected chi connectivity index (χ2v) is 4.31. The molecule has 2 nitrogen and oxygen atoms in total. The van der Waals surface area contributed by atoms with Crippen molar-refractivity contribution in [2.24, 2.45) is 5.92 Å². The Morgan fingerprint density at radius 1 is 1.57 bits per heavy atom. The van der Waals surface area contributed by atoms with Crippen LogP contribution in [0.1, 0.15) is 17.9 Å². The molecule has 0 heterocycles. The summed E-state index contributed by atoms with van der Waals surface area (Å²) in [6.45, 7) is 0. The Balaban J connectivity index is 2.20. The van der Waals surface area contributed by atoms with Gasteiger partial charge in [-0.15, -0.1) is 0 Å². The van der Waals surface area contributed by atoms with Crippen LogP contribution in [0.2, 0.25) is 0 Å². The fourth-order valence-electron chi connectivity index (χ4n) is 1.58. The molecule has 1 aromatic carbocycles. The summed E-state index contributed by atoms with van der Waals surface area (Å²) >= 11 is 3.08. The minimum atomic E-state index is -0.768. The van der Waals surface area contributed by atoms with Crippen LogP contribution in [0.3, 0.4) is 0 Å². The standard InChI is InChI=1S/C10H8BrFO2/c11-8-3-5(1-2-9(8)12)6-4-7(6)10(13)14/h1-3,6-7H,4H2,(H,13,14)/t6-,7+/m0/s1. The lowest BCUT2D eigenvalue weighted by molar-refractivity contribution is -0.138. The van der Waals surface area contributed by atoms with E-state index in [0.29, 0.717) is 10.9 Å². The van der Waals surface area contributed by atoms with E-state index in [1.807, 2.05) is 0 Å². The van der Waals surface area contributed by atoms with Gasteiger partial charge in [-0.3, -0.25) is 4.79 Å². The van der Waals surface area contributed by atoms with E-state index in [0.717, 1.165) is 5.56 Å². The summed E-state index contributed by atoms with van der Waals surface area (Å²) in [4.78, 5) is 10.6. The van der Waals surface area contributed by atoms with Gasteiger partial charge in [0.15, 0.2) is 0 Å². The Morgan fingerprint density at radius 3 is 2.79 bits per heavy atom. The molecule has 2 atom stereocenters. The van der Waals surface area contributed by atoms with Crippen LogP contribution in [0.15, 0.2) is 22.7 Å². The van der Waals surface area contributed by atoms with Gasteiger partial charge in [0.1, 0.15) is 5.82 Å². The number of carbonyl (C=O) groups is 1.